The fourth-order valence-electron chi connectivity index (χ4n) is 4.06. The van der Waals surface area contributed by atoms with Crippen LogP contribution in [-0.2, 0) is 26.5 Å². The van der Waals surface area contributed by atoms with Gasteiger partial charge in [-0.2, -0.15) is 0 Å². The maximum absolute atomic E-state index is 11.1. The van der Waals surface area contributed by atoms with Gasteiger partial charge < -0.3 is 39.7 Å². The van der Waals surface area contributed by atoms with E-state index in [-0.39, 0.29) is 6.79 Å². The Balaban J connectivity index is 0.000000263. The predicted molar refractivity (Wildman–Crippen MR) is 127 cm³/mol. The van der Waals surface area contributed by atoms with Crippen molar-refractivity contribution in [3.05, 3.63) is 41.7 Å². The molecule has 0 unspecified atom stereocenters. The predicted octanol–water partition coefficient (Wildman–Crippen LogP) is 0.449. The zero-order chi connectivity index (χ0) is 27.9. The molecular weight excluding hydrogens is 506 g/mol. The van der Waals surface area contributed by atoms with Crippen LogP contribution in [0.2, 0.25) is 0 Å². The van der Waals surface area contributed by atoms with E-state index in [4.69, 9.17) is 34.6 Å². The lowest BCUT2D eigenvalue weighted by Gasteiger charge is -2.38. The maximum atomic E-state index is 11.1. The Morgan fingerprint density at radius 3 is 2.13 bits per heavy atom. The van der Waals surface area contributed by atoms with Crippen molar-refractivity contribution in [1.29, 1.82) is 0 Å². The van der Waals surface area contributed by atoms with E-state index >= 15 is 0 Å². The van der Waals surface area contributed by atoms with E-state index in [1.165, 1.54) is 0 Å². The van der Waals surface area contributed by atoms with Crippen molar-refractivity contribution in [2.24, 2.45) is 0 Å². The number of methoxy groups -OCH3 is 1. The normalized spacial score (nSPS) is 16.2. The summed E-state index contributed by atoms with van der Waals surface area (Å²) in [5.74, 6) is -3.57. The summed E-state index contributed by atoms with van der Waals surface area (Å²) in [4.78, 5) is 41.1. The summed E-state index contributed by atoms with van der Waals surface area (Å²) in [5.41, 5.74) is -1.63. The van der Waals surface area contributed by atoms with E-state index in [1.807, 2.05) is 18.2 Å². The van der Waals surface area contributed by atoms with Crippen LogP contribution in [-0.4, -0.2) is 90.9 Å². The van der Waals surface area contributed by atoms with Crippen LogP contribution in [0.3, 0.4) is 0 Å². The monoisotopic (exact) mass is 535 g/mol. The lowest BCUT2D eigenvalue weighted by Crippen LogP contribution is -2.42. The first-order valence-corrected chi connectivity index (χ1v) is 11.5. The number of carbonyl (C=O) groups is 3. The van der Waals surface area contributed by atoms with Crippen molar-refractivity contribution in [2.45, 2.75) is 43.4 Å². The van der Waals surface area contributed by atoms with E-state index < -0.39 is 42.0 Å². The van der Waals surface area contributed by atoms with Gasteiger partial charge >= 0.3 is 23.9 Å². The Morgan fingerprint density at radius 1 is 1.03 bits per heavy atom. The van der Waals surface area contributed by atoms with Gasteiger partial charge in [-0.15, -0.1) is 0 Å². The molecule has 14 heteroatoms. The molecule has 3 heterocycles. The van der Waals surface area contributed by atoms with Crippen LogP contribution in [0.25, 0.3) is 0 Å². The van der Waals surface area contributed by atoms with Gasteiger partial charge in [-0.1, -0.05) is 6.07 Å². The van der Waals surface area contributed by atoms with Crippen molar-refractivity contribution in [2.75, 3.05) is 27.0 Å². The van der Waals surface area contributed by atoms with E-state index in [0.29, 0.717) is 24.6 Å². The minimum Gasteiger partial charge on any atom is -0.481 e. The third kappa shape index (κ3) is 7.27. The van der Waals surface area contributed by atoms with E-state index in [2.05, 4.69) is 14.9 Å². The molecule has 1 saturated heterocycles. The highest BCUT2D eigenvalue weighted by Crippen LogP contribution is 2.39. The number of rotatable bonds is 9. The van der Waals surface area contributed by atoms with Crippen LogP contribution >= 0.6 is 0 Å². The SMILES string of the molecule is COc1ncc(CN2CCC(O)(c3ccc4c(c3)OCO4)CC2)cn1.O=C(O)CC(O)(CC(=O)O)C(=O)O. The van der Waals surface area contributed by atoms with Gasteiger partial charge in [0.25, 0.3) is 0 Å². The summed E-state index contributed by atoms with van der Waals surface area (Å²) >= 11 is 0. The molecule has 2 aromatic rings. The van der Waals surface area contributed by atoms with Crippen LogP contribution in [0.5, 0.6) is 17.5 Å². The number of carboxylic acid groups (broad SMARTS) is 3. The average molecular weight is 536 g/mol. The van der Waals surface area contributed by atoms with E-state index in [1.54, 1.807) is 19.5 Å². The standard InChI is InChI=1S/C18H21N3O4.C6H8O7/c1-23-17-19-9-13(10-20-17)11-21-6-4-18(22,5-7-21)14-2-3-15-16(8-14)25-12-24-15;7-3(8)1-6(13,5(11)12)2-4(9)10/h2-3,8-10,22H,4-7,11-12H2,1H3;13H,1-2H2,(H,7,8)(H,9,10)(H,11,12). The lowest BCUT2D eigenvalue weighted by atomic mass is 9.84. The van der Waals surface area contributed by atoms with Gasteiger partial charge in [-0.3, -0.25) is 14.5 Å². The number of aliphatic carboxylic acids is 3. The zero-order valence-corrected chi connectivity index (χ0v) is 20.6. The topological polar surface area (TPSA) is 209 Å². The molecule has 1 aromatic carbocycles. The van der Waals surface area contributed by atoms with Gasteiger partial charge in [0.1, 0.15) is 0 Å². The molecule has 0 spiro atoms. The number of carboxylic acids is 3. The maximum Gasteiger partial charge on any atom is 0.336 e. The van der Waals surface area contributed by atoms with Crippen molar-refractivity contribution in [3.8, 4) is 17.5 Å². The molecule has 38 heavy (non-hydrogen) atoms. The largest absolute Gasteiger partial charge is 0.481 e. The summed E-state index contributed by atoms with van der Waals surface area (Å²) in [6, 6.07) is 6.08. The van der Waals surface area contributed by atoms with Gasteiger partial charge in [0.05, 0.1) is 25.6 Å². The lowest BCUT2D eigenvalue weighted by molar-refractivity contribution is -0.170. The van der Waals surface area contributed by atoms with Gasteiger partial charge in [0.2, 0.25) is 6.79 Å². The first kappa shape index (κ1) is 28.6. The first-order valence-electron chi connectivity index (χ1n) is 11.5. The molecule has 0 aliphatic carbocycles. The minimum atomic E-state index is -2.74. The van der Waals surface area contributed by atoms with Crippen molar-refractivity contribution in [3.63, 3.8) is 0 Å². The summed E-state index contributed by atoms with van der Waals surface area (Å²) in [6.45, 7) is 2.62. The number of piperidine rings is 1. The number of ether oxygens (including phenoxy) is 3. The first-order chi connectivity index (χ1) is 17.9. The molecule has 0 bridgehead atoms. The molecule has 0 saturated carbocycles. The number of fused-ring (bicyclic) bond motifs is 1. The van der Waals surface area contributed by atoms with Crippen LogP contribution in [0, 0.1) is 0 Å². The third-order valence-electron chi connectivity index (χ3n) is 6.15. The fraction of sp³-hybridized carbons (Fsp3) is 0.458. The van der Waals surface area contributed by atoms with Crippen molar-refractivity contribution >= 4 is 17.9 Å². The second kappa shape index (κ2) is 12.0. The van der Waals surface area contributed by atoms with Crippen molar-refractivity contribution in [1.82, 2.24) is 14.9 Å². The molecule has 0 radical (unpaired) electrons. The quantitative estimate of drug-likeness (QED) is 0.295. The Bertz CT molecular complexity index is 1130. The highest BCUT2D eigenvalue weighted by Gasteiger charge is 2.41. The molecule has 4 rings (SSSR count). The molecule has 14 nitrogen and oxygen atoms in total. The highest BCUT2D eigenvalue weighted by atomic mass is 16.7. The van der Waals surface area contributed by atoms with Crippen molar-refractivity contribution < 1.29 is 54.1 Å². The minimum absolute atomic E-state index is 0.245. The number of hydrogen-bond donors (Lipinski definition) is 5. The molecule has 2 aliphatic rings. The summed E-state index contributed by atoms with van der Waals surface area (Å²) in [5, 5.41) is 44.9. The molecule has 1 aromatic heterocycles. The zero-order valence-electron chi connectivity index (χ0n) is 20.6. The second-order valence-corrected chi connectivity index (χ2v) is 8.93. The van der Waals surface area contributed by atoms with Crippen LogP contribution in [0.1, 0.15) is 36.8 Å². The molecule has 0 amide bonds. The number of hydrogen-bond acceptors (Lipinski definition) is 11. The Hall–Kier alpha value is -4.01. The molecule has 206 valence electrons. The molecule has 5 N–H and O–H groups in total. The van der Waals surface area contributed by atoms with Gasteiger partial charge in [0.15, 0.2) is 17.1 Å². The smallest absolute Gasteiger partial charge is 0.336 e. The summed E-state index contributed by atoms with van der Waals surface area (Å²) < 4.78 is 15.7. The average Bonchev–Trinajstić information content (AvgIpc) is 3.33. The fourth-order valence-corrected chi connectivity index (χ4v) is 4.06. The van der Waals surface area contributed by atoms with Gasteiger partial charge in [-0.05, 0) is 30.5 Å². The van der Waals surface area contributed by atoms with Crippen LogP contribution in [0.4, 0.5) is 0 Å². The van der Waals surface area contributed by atoms with Gasteiger partial charge in [-0.25, -0.2) is 14.8 Å². The van der Waals surface area contributed by atoms with Crippen LogP contribution < -0.4 is 14.2 Å². The third-order valence-corrected chi connectivity index (χ3v) is 6.15. The molecular formula is C24H29N3O11. The number of aliphatic hydroxyl groups is 2. The molecule has 2 aliphatic heterocycles. The number of likely N-dealkylation sites (tertiary alicyclic amines) is 1. The van der Waals surface area contributed by atoms with Gasteiger partial charge in [0, 0.05) is 37.6 Å². The van der Waals surface area contributed by atoms with Crippen LogP contribution in [0.15, 0.2) is 30.6 Å². The molecule has 1 fully saturated rings. The Labute approximate surface area is 217 Å². The number of benzene rings is 1. The summed E-state index contributed by atoms with van der Waals surface area (Å²) in [6.07, 6.45) is 2.62. The molecule has 0 atom stereocenters. The second-order valence-electron chi connectivity index (χ2n) is 8.93. The number of nitrogens with zero attached hydrogens (tertiary/aromatic N) is 3. The number of aromatic nitrogens is 2. The van der Waals surface area contributed by atoms with E-state index in [9.17, 15) is 19.5 Å². The Morgan fingerprint density at radius 2 is 1.61 bits per heavy atom. The summed E-state index contributed by atoms with van der Waals surface area (Å²) in [7, 11) is 1.55. The Kier molecular flexibility index (Phi) is 9.04. The van der Waals surface area contributed by atoms with E-state index in [0.717, 1.165) is 36.5 Å². The highest BCUT2D eigenvalue weighted by molar-refractivity contribution is 5.88.